The Labute approximate surface area is 212 Å². The largest absolute Gasteiger partial charge is 0.473 e. The van der Waals surface area contributed by atoms with E-state index in [0.29, 0.717) is 24.5 Å². The number of hydrogen-bond donors (Lipinski definition) is 2. The standard InChI is InChI=1S/C28H31NO.C2H2O4/c1-21-9-8-10-22(19-21)20-30-28-25-15-17-29(18-16-25)27(28)26(23-11-4-2-5-12-23)24-13-6-3-7-14-24;3-1(4)2(5)6/h2-14,19,25-28H,15-18,20H2,1H3;(H,3,4)(H,5,6). The Hall–Kier alpha value is -3.48. The smallest absolute Gasteiger partial charge is 0.414 e. The molecule has 2 unspecified atom stereocenters. The number of piperidine rings is 3. The van der Waals surface area contributed by atoms with E-state index in [-0.39, 0.29) is 6.10 Å². The van der Waals surface area contributed by atoms with Crippen molar-refractivity contribution in [2.45, 2.75) is 44.4 Å². The van der Waals surface area contributed by atoms with Gasteiger partial charge in [0.2, 0.25) is 0 Å². The Morgan fingerprint density at radius 1 is 0.861 bits per heavy atom. The zero-order valence-corrected chi connectivity index (χ0v) is 20.5. The van der Waals surface area contributed by atoms with E-state index >= 15 is 0 Å². The Kier molecular flexibility index (Phi) is 8.52. The van der Waals surface area contributed by atoms with Gasteiger partial charge in [-0.05, 0) is 55.5 Å². The van der Waals surface area contributed by atoms with Gasteiger partial charge in [0.15, 0.2) is 0 Å². The van der Waals surface area contributed by atoms with Crippen LogP contribution >= 0.6 is 0 Å². The van der Waals surface area contributed by atoms with Gasteiger partial charge in [-0.1, -0.05) is 90.5 Å². The van der Waals surface area contributed by atoms with E-state index in [1.165, 1.54) is 48.2 Å². The molecule has 0 amide bonds. The van der Waals surface area contributed by atoms with Gasteiger partial charge in [0, 0.05) is 12.0 Å². The molecular formula is C30H33NO5. The van der Waals surface area contributed by atoms with Crippen molar-refractivity contribution in [3.63, 3.8) is 0 Å². The Balaban J connectivity index is 0.000000455. The monoisotopic (exact) mass is 487 g/mol. The lowest BCUT2D eigenvalue weighted by Crippen LogP contribution is -2.60. The van der Waals surface area contributed by atoms with Crippen molar-refractivity contribution < 1.29 is 24.5 Å². The van der Waals surface area contributed by atoms with E-state index in [1.54, 1.807) is 0 Å². The molecule has 2 bridgehead atoms. The minimum absolute atomic E-state index is 0.262. The Morgan fingerprint density at radius 3 is 1.92 bits per heavy atom. The maximum absolute atomic E-state index is 9.10. The quantitative estimate of drug-likeness (QED) is 0.478. The second-order valence-electron chi connectivity index (χ2n) is 9.54. The van der Waals surface area contributed by atoms with Gasteiger partial charge in [-0.3, -0.25) is 4.90 Å². The molecule has 6 heteroatoms. The van der Waals surface area contributed by atoms with E-state index < -0.39 is 11.9 Å². The lowest BCUT2D eigenvalue weighted by atomic mass is 9.72. The van der Waals surface area contributed by atoms with Crippen LogP contribution in [0.4, 0.5) is 0 Å². The molecule has 3 heterocycles. The maximum Gasteiger partial charge on any atom is 0.414 e. The molecule has 0 saturated carbocycles. The van der Waals surface area contributed by atoms with Crippen molar-refractivity contribution >= 4 is 11.9 Å². The summed E-state index contributed by atoms with van der Waals surface area (Å²) in [5, 5.41) is 14.8. The number of fused-ring (bicyclic) bond motifs is 3. The van der Waals surface area contributed by atoms with Crippen LogP contribution in [-0.2, 0) is 20.9 Å². The molecule has 6 rings (SSSR count). The maximum atomic E-state index is 9.10. The number of hydrogen-bond acceptors (Lipinski definition) is 4. The molecule has 3 saturated heterocycles. The van der Waals surface area contributed by atoms with Crippen molar-refractivity contribution in [1.29, 1.82) is 0 Å². The first-order chi connectivity index (χ1) is 17.4. The first-order valence-corrected chi connectivity index (χ1v) is 12.4. The predicted molar refractivity (Wildman–Crippen MR) is 138 cm³/mol. The minimum Gasteiger partial charge on any atom is -0.473 e. The van der Waals surface area contributed by atoms with E-state index in [9.17, 15) is 0 Å². The molecule has 0 aromatic heterocycles. The average molecular weight is 488 g/mol. The van der Waals surface area contributed by atoms with Crippen molar-refractivity contribution in [2.24, 2.45) is 5.92 Å². The highest BCUT2D eigenvalue weighted by Gasteiger charge is 2.47. The fourth-order valence-corrected chi connectivity index (χ4v) is 5.57. The molecule has 6 nitrogen and oxygen atoms in total. The first kappa shape index (κ1) is 25.6. The van der Waals surface area contributed by atoms with Crippen LogP contribution in [0.25, 0.3) is 0 Å². The Morgan fingerprint density at radius 2 is 1.42 bits per heavy atom. The predicted octanol–water partition coefficient (Wildman–Crippen LogP) is 4.96. The third kappa shape index (κ3) is 6.20. The highest BCUT2D eigenvalue weighted by atomic mass is 16.5. The summed E-state index contributed by atoms with van der Waals surface area (Å²) in [6.45, 7) is 5.23. The molecule has 3 aromatic carbocycles. The van der Waals surface area contributed by atoms with Crippen LogP contribution in [0.2, 0.25) is 0 Å². The van der Waals surface area contributed by atoms with Gasteiger partial charge in [0.25, 0.3) is 0 Å². The van der Waals surface area contributed by atoms with Crippen molar-refractivity contribution in [3.8, 4) is 0 Å². The summed E-state index contributed by atoms with van der Waals surface area (Å²) in [6.07, 6.45) is 2.77. The van der Waals surface area contributed by atoms with Crippen LogP contribution < -0.4 is 0 Å². The minimum atomic E-state index is -1.82. The number of ether oxygens (including phenoxy) is 1. The molecule has 3 aliphatic heterocycles. The number of carbonyl (C=O) groups is 2. The molecule has 3 aliphatic rings. The molecule has 0 aliphatic carbocycles. The molecule has 2 atom stereocenters. The molecule has 36 heavy (non-hydrogen) atoms. The molecule has 0 spiro atoms. The van der Waals surface area contributed by atoms with E-state index in [2.05, 4.69) is 96.8 Å². The second-order valence-corrected chi connectivity index (χ2v) is 9.54. The van der Waals surface area contributed by atoms with Crippen LogP contribution in [0.3, 0.4) is 0 Å². The summed E-state index contributed by atoms with van der Waals surface area (Å²) >= 11 is 0. The number of aryl methyl sites for hydroxylation is 1. The molecule has 188 valence electrons. The summed E-state index contributed by atoms with van der Waals surface area (Å²) < 4.78 is 6.75. The summed E-state index contributed by atoms with van der Waals surface area (Å²) in [5.41, 5.74) is 5.37. The van der Waals surface area contributed by atoms with Crippen LogP contribution in [-0.4, -0.2) is 52.3 Å². The van der Waals surface area contributed by atoms with Gasteiger partial charge in [-0.2, -0.15) is 0 Å². The van der Waals surface area contributed by atoms with Gasteiger partial charge in [0.05, 0.1) is 12.7 Å². The zero-order valence-electron chi connectivity index (χ0n) is 20.5. The third-order valence-corrected chi connectivity index (χ3v) is 7.16. The SMILES string of the molecule is Cc1cccc(COC2C3CCN(CC3)C2C(c2ccccc2)c2ccccc2)c1.O=C(O)C(=O)O. The molecular weight excluding hydrogens is 454 g/mol. The Bertz CT molecular complexity index is 1090. The number of rotatable bonds is 6. The number of nitrogens with zero attached hydrogens (tertiary/aromatic N) is 1. The van der Waals surface area contributed by atoms with Gasteiger partial charge in [0.1, 0.15) is 0 Å². The van der Waals surface area contributed by atoms with Gasteiger partial charge in [-0.25, -0.2) is 9.59 Å². The first-order valence-electron chi connectivity index (χ1n) is 12.4. The van der Waals surface area contributed by atoms with Gasteiger partial charge in [-0.15, -0.1) is 0 Å². The summed E-state index contributed by atoms with van der Waals surface area (Å²) in [5.74, 6) is -2.66. The summed E-state index contributed by atoms with van der Waals surface area (Å²) in [4.78, 5) is 20.9. The normalized spacial score (nSPS) is 22.5. The van der Waals surface area contributed by atoms with Crippen LogP contribution in [0.5, 0.6) is 0 Å². The van der Waals surface area contributed by atoms with Crippen molar-refractivity contribution in [3.05, 3.63) is 107 Å². The van der Waals surface area contributed by atoms with Crippen molar-refractivity contribution in [1.82, 2.24) is 4.90 Å². The summed E-state index contributed by atoms with van der Waals surface area (Å²) in [7, 11) is 0. The summed E-state index contributed by atoms with van der Waals surface area (Å²) in [6, 6.07) is 31.2. The lowest BCUT2D eigenvalue weighted by molar-refractivity contribution is -0.159. The lowest BCUT2D eigenvalue weighted by Gasteiger charge is -2.53. The number of aliphatic carboxylic acids is 2. The topological polar surface area (TPSA) is 87.1 Å². The zero-order chi connectivity index (χ0) is 25.5. The van der Waals surface area contributed by atoms with Gasteiger partial charge >= 0.3 is 11.9 Å². The third-order valence-electron chi connectivity index (χ3n) is 7.16. The number of benzene rings is 3. The second kappa shape index (κ2) is 12.0. The van der Waals surface area contributed by atoms with Gasteiger partial charge < -0.3 is 14.9 Å². The van der Waals surface area contributed by atoms with Crippen molar-refractivity contribution in [2.75, 3.05) is 13.1 Å². The number of carboxylic acids is 2. The fraction of sp³-hybridized carbons (Fsp3) is 0.333. The molecule has 3 aromatic rings. The van der Waals surface area contributed by atoms with E-state index in [1.807, 2.05) is 0 Å². The highest BCUT2D eigenvalue weighted by molar-refractivity contribution is 6.27. The van der Waals surface area contributed by atoms with Crippen LogP contribution in [0.15, 0.2) is 84.9 Å². The van der Waals surface area contributed by atoms with Crippen LogP contribution in [0, 0.1) is 12.8 Å². The van der Waals surface area contributed by atoms with E-state index in [0.717, 1.165) is 0 Å². The number of carboxylic acid groups (broad SMARTS) is 2. The highest BCUT2D eigenvalue weighted by Crippen LogP contribution is 2.43. The van der Waals surface area contributed by atoms with Crippen LogP contribution in [0.1, 0.15) is 41.0 Å². The molecule has 0 radical (unpaired) electrons. The van der Waals surface area contributed by atoms with E-state index in [4.69, 9.17) is 24.5 Å². The average Bonchev–Trinajstić information content (AvgIpc) is 2.90. The molecule has 3 fully saturated rings. The molecule has 2 N–H and O–H groups in total. The fourth-order valence-electron chi connectivity index (χ4n) is 5.57.